The summed E-state index contributed by atoms with van der Waals surface area (Å²) < 4.78 is 28.1. The van der Waals surface area contributed by atoms with Gasteiger partial charge in [0.15, 0.2) is 5.82 Å². The molecule has 0 aliphatic carbocycles. The Kier molecular flexibility index (Phi) is 5.01. The van der Waals surface area contributed by atoms with E-state index in [1.165, 1.54) is 41.6 Å². The molecular formula is C21H15F2N5O2. The maximum absolute atomic E-state index is 14.1. The number of rotatable bonds is 5. The van der Waals surface area contributed by atoms with Gasteiger partial charge in [0.2, 0.25) is 0 Å². The van der Waals surface area contributed by atoms with E-state index in [1.54, 1.807) is 31.2 Å². The van der Waals surface area contributed by atoms with Crippen molar-refractivity contribution >= 4 is 5.69 Å². The molecule has 0 N–H and O–H groups in total. The van der Waals surface area contributed by atoms with Crippen molar-refractivity contribution in [1.82, 2.24) is 20.0 Å². The van der Waals surface area contributed by atoms with Gasteiger partial charge in [0.25, 0.3) is 5.69 Å². The van der Waals surface area contributed by atoms with Crippen molar-refractivity contribution < 1.29 is 13.7 Å². The summed E-state index contributed by atoms with van der Waals surface area (Å²) in [6.45, 7) is 1.60. The number of halogens is 2. The monoisotopic (exact) mass is 407 g/mol. The molecule has 0 amide bonds. The topological polar surface area (TPSA) is 86.7 Å². The highest BCUT2D eigenvalue weighted by atomic mass is 19.1. The molecule has 2 aromatic carbocycles. The molecule has 4 aromatic rings. The first-order chi connectivity index (χ1) is 14.4. The lowest BCUT2D eigenvalue weighted by Gasteiger charge is -2.11. The van der Waals surface area contributed by atoms with Gasteiger partial charge >= 0.3 is 0 Å². The standard InChI is InChI=1S/C21H15F2N5O2/c1-13-9-14(11-17-18(22)3-2-4-19(17)23)10-16(21(13)28(29)30)15-5-6-20(24-12-15)27-25-7-8-26-27/h2-10,12H,11H2,1H3. The van der Waals surface area contributed by atoms with Crippen LogP contribution in [0.4, 0.5) is 14.5 Å². The molecule has 30 heavy (non-hydrogen) atoms. The summed E-state index contributed by atoms with van der Waals surface area (Å²) in [6, 6.07) is 10.1. The van der Waals surface area contributed by atoms with E-state index in [4.69, 9.17) is 0 Å². The van der Waals surface area contributed by atoms with Crippen LogP contribution < -0.4 is 0 Å². The summed E-state index contributed by atoms with van der Waals surface area (Å²) in [5, 5.41) is 19.7. The molecule has 0 aliphatic heterocycles. The molecule has 0 fully saturated rings. The zero-order chi connectivity index (χ0) is 21.3. The Hall–Kier alpha value is -4.01. The molecule has 9 heteroatoms. The Labute approximate surface area is 169 Å². The number of nitro groups is 1. The van der Waals surface area contributed by atoms with Crippen molar-refractivity contribution in [2.45, 2.75) is 13.3 Å². The van der Waals surface area contributed by atoms with Gasteiger partial charge in [0.1, 0.15) is 11.6 Å². The molecule has 0 spiro atoms. The van der Waals surface area contributed by atoms with Crippen LogP contribution in [0.3, 0.4) is 0 Å². The van der Waals surface area contributed by atoms with Gasteiger partial charge in [-0.15, -0.1) is 4.80 Å². The molecule has 0 aliphatic rings. The lowest BCUT2D eigenvalue weighted by Crippen LogP contribution is -2.03. The van der Waals surface area contributed by atoms with Crippen LogP contribution in [-0.2, 0) is 6.42 Å². The smallest absolute Gasteiger partial charge is 0.258 e. The normalized spacial score (nSPS) is 10.9. The van der Waals surface area contributed by atoms with E-state index < -0.39 is 16.6 Å². The van der Waals surface area contributed by atoms with Crippen LogP contribution in [0, 0.1) is 28.7 Å². The fraction of sp³-hybridized carbons (Fsp3) is 0.0952. The van der Waals surface area contributed by atoms with E-state index in [-0.39, 0.29) is 17.7 Å². The number of hydrogen-bond donors (Lipinski definition) is 0. The van der Waals surface area contributed by atoms with E-state index in [0.717, 1.165) is 0 Å². The molecular weight excluding hydrogens is 392 g/mol. The zero-order valence-corrected chi connectivity index (χ0v) is 15.8. The number of aryl methyl sites for hydroxylation is 1. The predicted molar refractivity (Wildman–Crippen MR) is 105 cm³/mol. The average Bonchev–Trinajstić information content (AvgIpc) is 3.25. The summed E-state index contributed by atoms with van der Waals surface area (Å²) in [5.74, 6) is -0.872. The van der Waals surface area contributed by atoms with E-state index in [1.807, 2.05) is 0 Å². The third-order valence-corrected chi connectivity index (χ3v) is 4.67. The summed E-state index contributed by atoms with van der Waals surface area (Å²) in [4.78, 5) is 16.8. The fourth-order valence-corrected chi connectivity index (χ4v) is 3.32. The van der Waals surface area contributed by atoms with Crippen LogP contribution in [-0.4, -0.2) is 24.9 Å². The van der Waals surface area contributed by atoms with Crippen LogP contribution >= 0.6 is 0 Å². The highest BCUT2D eigenvalue weighted by Crippen LogP contribution is 2.35. The fourth-order valence-electron chi connectivity index (χ4n) is 3.32. The first-order valence-corrected chi connectivity index (χ1v) is 8.98. The minimum Gasteiger partial charge on any atom is -0.258 e. The van der Waals surface area contributed by atoms with Gasteiger partial charge in [-0.25, -0.2) is 13.8 Å². The van der Waals surface area contributed by atoms with Gasteiger partial charge in [0, 0.05) is 29.3 Å². The summed E-state index contributed by atoms with van der Waals surface area (Å²) in [6.07, 6.45) is 4.46. The maximum atomic E-state index is 14.1. The molecule has 0 saturated carbocycles. The number of nitrogens with zero attached hydrogens (tertiary/aromatic N) is 5. The minimum absolute atomic E-state index is 0.0347. The largest absolute Gasteiger partial charge is 0.280 e. The average molecular weight is 407 g/mol. The number of nitro benzene ring substituents is 1. The van der Waals surface area contributed by atoms with Crippen LogP contribution in [0.2, 0.25) is 0 Å². The van der Waals surface area contributed by atoms with Crippen LogP contribution in [0.25, 0.3) is 16.9 Å². The maximum Gasteiger partial charge on any atom is 0.280 e. The van der Waals surface area contributed by atoms with Gasteiger partial charge in [-0.05, 0) is 48.9 Å². The molecule has 0 atom stereocenters. The zero-order valence-electron chi connectivity index (χ0n) is 15.8. The molecule has 0 saturated heterocycles. The summed E-state index contributed by atoms with van der Waals surface area (Å²) >= 11 is 0. The lowest BCUT2D eigenvalue weighted by molar-refractivity contribution is -0.384. The second-order valence-electron chi connectivity index (χ2n) is 6.67. The quantitative estimate of drug-likeness (QED) is 0.361. The molecule has 2 aromatic heterocycles. The Morgan fingerprint density at radius 3 is 2.37 bits per heavy atom. The highest BCUT2D eigenvalue weighted by molar-refractivity contribution is 5.76. The van der Waals surface area contributed by atoms with E-state index in [2.05, 4.69) is 15.2 Å². The Balaban J connectivity index is 1.79. The Morgan fingerprint density at radius 2 is 1.77 bits per heavy atom. The first kappa shape index (κ1) is 19.3. The second-order valence-corrected chi connectivity index (χ2v) is 6.67. The predicted octanol–water partition coefficient (Wildman–Crippen LogP) is 4.41. The van der Waals surface area contributed by atoms with Crippen LogP contribution in [0.15, 0.2) is 61.1 Å². The lowest BCUT2D eigenvalue weighted by atomic mass is 9.95. The number of benzene rings is 2. The van der Waals surface area contributed by atoms with Gasteiger partial charge in [-0.1, -0.05) is 6.07 Å². The summed E-state index contributed by atoms with van der Waals surface area (Å²) in [7, 11) is 0. The first-order valence-electron chi connectivity index (χ1n) is 8.98. The van der Waals surface area contributed by atoms with E-state index in [0.29, 0.717) is 28.1 Å². The van der Waals surface area contributed by atoms with Gasteiger partial charge < -0.3 is 0 Å². The molecule has 2 heterocycles. The molecule has 0 unspecified atom stereocenters. The minimum atomic E-state index is -0.662. The van der Waals surface area contributed by atoms with Gasteiger partial charge in [-0.2, -0.15) is 10.2 Å². The molecule has 7 nitrogen and oxygen atoms in total. The van der Waals surface area contributed by atoms with Crippen LogP contribution in [0.1, 0.15) is 16.7 Å². The molecule has 4 rings (SSSR count). The molecule has 0 radical (unpaired) electrons. The number of aromatic nitrogens is 4. The second kappa shape index (κ2) is 7.78. The van der Waals surface area contributed by atoms with Crippen molar-refractivity contribution in [3.05, 3.63) is 99.5 Å². The van der Waals surface area contributed by atoms with Crippen molar-refractivity contribution in [1.29, 1.82) is 0 Å². The Bertz CT molecular complexity index is 1200. The van der Waals surface area contributed by atoms with E-state index >= 15 is 0 Å². The van der Waals surface area contributed by atoms with Crippen molar-refractivity contribution in [2.24, 2.45) is 0 Å². The van der Waals surface area contributed by atoms with E-state index in [9.17, 15) is 18.9 Å². The van der Waals surface area contributed by atoms with Crippen molar-refractivity contribution in [2.75, 3.05) is 0 Å². The van der Waals surface area contributed by atoms with Gasteiger partial charge in [-0.3, -0.25) is 10.1 Å². The third-order valence-electron chi connectivity index (χ3n) is 4.67. The van der Waals surface area contributed by atoms with Crippen LogP contribution in [0.5, 0.6) is 0 Å². The Morgan fingerprint density at radius 1 is 1.07 bits per heavy atom. The van der Waals surface area contributed by atoms with Gasteiger partial charge in [0.05, 0.1) is 22.9 Å². The highest BCUT2D eigenvalue weighted by Gasteiger charge is 2.21. The number of pyridine rings is 1. The molecule has 150 valence electrons. The SMILES string of the molecule is Cc1cc(Cc2c(F)cccc2F)cc(-c2ccc(-n3nccn3)nc2)c1[N+](=O)[O-]. The van der Waals surface area contributed by atoms with Crippen molar-refractivity contribution in [3.8, 4) is 16.9 Å². The third kappa shape index (κ3) is 3.64. The number of hydrogen-bond acceptors (Lipinski definition) is 5. The molecule has 0 bridgehead atoms. The summed E-state index contributed by atoms with van der Waals surface area (Å²) in [5.41, 5.74) is 1.59. The van der Waals surface area contributed by atoms with Crippen molar-refractivity contribution in [3.63, 3.8) is 0 Å².